The van der Waals surface area contributed by atoms with Gasteiger partial charge in [-0.15, -0.1) is 0 Å². The minimum absolute atomic E-state index is 0.199. The van der Waals surface area contributed by atoms with Crippen LogP contribution < -0.4 is 0 Å². The fourth-order valence-corrected chi connectivity index (χ4v) is 4.30. The molecule has 0 N–H and O–H groups in total. The van der Waals surface area contributed by atoms with Crippen LogP contribution in [0, 0.1) is 0 Å². The molecular formula is C25H28O4. The summed E-state index contributed by atoms with van der Waals surface area (Å²) in [4.78, 5) is 24.0. The molecule has 0 unspecified atom stereocenters. The fourth-order valence-electron chi connectivity index (χ4n) is 4.30. The second-order valence-corrected chi connectivity index (χ2v) is 8.12. The summed E-state index contributed by atoms with van der Waals surface area (Å²) in [6, 6.07) is 12.5. The van der Waals surface area contributed by atoms with Gasteiger partial charge in [0, 0.05) is 0 Å². The molecule has 0 saturated carbocycles. The van der Waals surface area contributed by atoms with E-state index in [1.807, 2.05) is 12.1 Å². The number of hydrogen-bond donors (Lipinski definition) is 0. The number of carbonyl (C=O) groups is 2. The van der Waals surface area contributed by atoms with E-state index in [1.165, 1.54) is 47.9 Å². The standard InChI is InChI=1S/C25H28O4/c26-24(28-16-18-9-11-20-5-1-3-7-22(20)13-18)15-25(27)29-17-19-10-12-21-6-2-4-8-23(21)14-19/h9-14H,1-8,15-17H2. The molecule has 0 amide bonds. The highest BCUT2D eigenvalue weighted by Crippen LogP contribution is 2.23. The average molecular weight is 392 g/mol. The lowest BCUT2D eigenvalue weighted by atomic mass is 9.90. The molecule has 0 bridgehead atoms. The number of carbonyl (C=O) groups excluding carboxylic acids is 2. The molecular weight excluding hydrogens is 364 g/mol. The normalized spacial score (nSPS) is 15.2. The highest BCUT2D eigenvalue weighted by Gasteiger charge is 2.15. The van der Waals surface area contributed by atoms with Crippen LogP contribution in [0.5, 0.6) is 0 Å². The predicted octanol–water partition coefficient (Wildman–Crippen LogP) is 4.62. The molecule has 0 saturated heterocycles. The van der Waals surface area contributed by atoms with E-state index in [4.69, 9.17) is 9.47 Å². The van der Waals surface area contributed by atoms with Crippen LogP contribution in [0.3, 0.4) is 0 Å². The average Bonchev–Trinajstić information content (AvgIpc) is 2.76. The van der Waals surface area contributed by atoms with Crippen LogP contribution in [0.2, 0.25) is 0 Å². The molecule has 0 fully saturated rings. The van der Waals surface area contributed by atoms with E-state index in [0.29, 0.717) is 0 Å². The summed E-state index contributed by atoms with van der Waals surface area (Å²) in [5.74, 6) is -1.09. The van der Waals surface area contributed by atoms with Gasteiger partial charge >= 0.3 is 11.9 Å². The molecule has 2 aliphatic carbocycles. The van der Waals surface area contributed by atoms with Crippen LogP contribution in [-0.2, 0) is 58.0 Å². The van der Waals surface area contributed by atoms with Crippen molar-refractivity contribution in [3.05, 3.63) is 69.8 Å². The van der Waals surface area contributed by atoms with E-state index in [2.05, 4.69) is 24.3 Å². The second-order valence-electron chi connectivity index (χ2n) is 8.12. The Morgan fingerprint density at radius 1 is 0.621 bits per heavy atom. The molecule has 0 spiro atoms. The third-order valence-corrected chi connectivity index (χ3v) is 5.91. The summed E-state index contributed by atoms with van der Waals surface area (Å²) in [5.41, 5.74) is 7.46. The fraction of sp³-hybridized carbons (Fsp3) is 0.440. The number of ether oxygens (including phenoxy) is 2. The molecule has 29 heavy (non-hydrogen) atoms. The molecule has 0 aliphatic heterocycles. The van der Waals surface area contributed by atoms with Crippen molar-refractivity contribution in [3.8, 4) is 0 Å². The molecule has 4 nitrogen and oxygen atoms in total. The molecule has 4 rings (SSSR count). The van der Waals surface area contributed by atoms with Gasteiger partial charge in [0.2, 0.25) is 0 Å². The third-order valence-electron chi connectivity index (χ3n) is 5.91. The Bertz CT molecular complexity index is 826. The van der Waals surface area contributed by atoms with E-state index < -0.39 is 11.9 Å². The molecule has 0 heterocycles. The Labute approximate surface area is 172 Å². The van der Waals surface area contributed by atoms with Crippen LogP contribution >= 0.6 is 0 Å². The van der Waals surface area contributed by atoms with Crippen molar-refractivity contribution < 1.29 is 19.1 Å². The largest absolute Gasteiger partial charge is 0.460 e. The molecule has 0 atom stereocenters. The lowest BCUT2D eigenvalue weighted by Gasteiger charge is -2.17. The molecule has 4 heteroatoms. The highest BCUT2D eigenvalue weighted by atomic mass is 16.6. The Balaban J connectivity index is 1.22. The van der Waals surface area contributed by atoms with Gasteiger partial charge in [0.1, 0.15) is 19.6 Å². The van der Waals surface area contributed by atoms with Gasteiger partial charge in [-0.25, -0.2) is 0 Å². The molecule has 2 aromatic carbocycles. The first-order valence-corrected chi connectivity index (χ1v) is 10.7. The van der Waals surface area contributed by atoms with Crippen LogP contribution in [0.25, 0.3) is 0 Å². The molecule has 0 aromatic heterocycles. The van der Waals surface area contributed by atoms with Crippen molar-refractivity contribution in [2.24, 2.45) is 0 Å². The molecule has 152 valence electrons. The zero-order valence-corrected chi connectivity index (χ0v) is 16.9. The lowest BCUT2D eigenvalue weighted by molar-refractivity contribution is -0.156. The Kier molecular flexibility index (Phi) is 6.28. The minimum Gasteiger partial charge on any atom is -0.460 e. The van der Waals surface area contributed by atoms with E-state index in [1.54, 1.807) is 0 Å². The minimum atomic E-state index is -0.543. The van der Waals surface area contributed by atoms with Crippen molar-refractivity contribution in [2.45, 2.75) is 71.0 Å². The van der Waals surface area contributed by atoms with Gasteiger partial charge in [0.25, 0.3) is 0 Å². The number of fused-ring (bicyclic) bond motifs is 2. The molecule has 2 aromatic rings. The van der Waals surface area contributed by atoms with Gasteiger partial charge in [-0.05, 0) is 84.7 Å². The first kappa shape index (κ1) is 19.7. The Morgan fingerprint density at radius 2 is 1.03 bits per heavy atom. The van der Waals surface area contributed by atoms with Gasteiger partial charge in [-0.2, -0.15) is 0 Å². The summed E-state index contributed by atoms with van der Waals surface area (Å²) in [6.45, 7) is 0.397. The lowest BCUT2D eigenvalue weighted by Crippen LogP contribution is -2.14. The van der Waals surface area contributed by atoms with Gasteiger partial charge in [0.05, 0.1) is 0 Å². The summed E-state index contributed by atoms with van der Waals surface area (Å²) < 4.78 is 10.6. The zero-order valence-electron chi connectivity index (χ0n) is 16.9. The maximum absolute atomic E-state index is 12.0. The van der Waals surface area contributed by atoms with Crippen LogP contribution in [-0.4, -0.2) is 11.9 Å². The number of benzene rings is 2. The monoisotopic (exact) mass is 392 g/mol. The van der Waals surface area contributed by atoms with Crippen molar-refractivity contribution in [2.75, 3.05) is 0 Å². The summed E-state index contributed by atoms with van der Waals surface area (Å²) in [5, 5.41) is 0. The van der Waals surface area contributed by atoms with E-state index in [9.17, 15) is 9.59 Å². The Morgan fingerprint density at radius 3 is 1.48 bits per heavy atom. The summed E-state index contributed by atoms with van der Waals surface area (Å²) in [7, 11) is 0. The quantitative estimate of drug-likeness (QED) is 0.532. The molecule has 2 aliphatic rings. The first-order chi connectivity index (χ1) is 14.2. The highest BCUT2D eigenvalue weighted by molar-refractivity contribution is 5.91. The topological polar surface area (TPSA) is 52.6 Å². The maximum Gasteiger partial charge on any atom is 0.317 e. The van der Waals surface area contributed by atoms with E-state index >= 15 is 0 Å². The predicted molar refractivity (Wildman–Crippen MR) is 110 cm³/mol. The number of hydrogen-bond acceptors (Lipinski definition) is 4. The smallest absolute Gasteiger partial charge is 0.317 e. The van der Waals surface area contributed by atoms with Crippen LogP contribution in [0.4, 0.5) is 0 Å². The molecule has 0 radical (unpaired) electrons. The van der Waals surface area contributed by atoms with Gasteiger partial charge < -0.3 is 9.47 Å². The summed E-state index contributed by atoms with van der Waals surface area (Å²) in [6.07, 6.45) is 9.01. The summed E-state index contributed by atoms with van der Waals surface area (Å²) >= 11 is 0. The number of esters is 2. The van der Waals surface area contributed by atoms with Crippen LogP contribution in [0.15, 0.2) is 36.4 Å². The van der Waals surface area contributed by atoms with Crippen molar-refractivity contribution >= 4 is 11.9 Å². The van der Waals surface area contributed by atoms with Crippen LogP contribution in [0.1, 0.15) is 65.5 Å². The van der Waals surface area contributed by atoms with Crippen molar-refractivity contribution in [3.63, 3.8) is 0 Å². The van der Waals surface area contributed by atoms with Gasteiger partial charge in [-0.1, -0.05) is 36.4 Å². The van der Waals surface area contributed by atoms with E-state index in [-0.39, 0.29) is 19.6 Å². The first-order valence-electron chi connectivity index (χ1n) is 10.7. The number of aryl methyl sites for hydroxylation is 4. The Hall–Kier alpha value is -2.62. The maximum atomic E-state index is 12.0. The van der Waals surface area contributed by atoms with E-state index in [0.717, 1.165) is 36.8 Å². The second kappa shape index (κ2) is 9.25. The SMILES string of the molecule is O=C(CC(=O)OCc1ccc2c(c1)CCCC2)OCc1ccc2c(c1)CCCC2. The van der Waals surface area contributed by atoms with Crippen molar-refractivity contribution in [1.29, 1.82) is 0 Å². The van der Waals surface area contributed by atoms with Crippen molar-refractivity contribution in [1.82, 2.24) is 0 Å². The third kappa shape index (κ3) is 5.26. The zero-order chi connectivity index (χ0) is 20.1. The number of rotatable bonds is 6. The van der Waals surface area contributed by atoms with Gasteiger partial charge in [-0.3, -0.25) is 9.59 Å². The van der Waals surface area contributed by atoms with Gasteiger partial charge in [0.15, 0.2) is 0 Å².